The molecule has 1 heterocycles. The van der Waals surface area contributed by atoms with Crippen LogP contribution in [0.2, 0.25) is 0 Å². The number of hydrogen-bond donors (Lipinski definition) is 0. The van der Waals surface area contributed by atoms with Crippen molar-refractivity contribution in [3.63, 3.8) is 0 Å². The van der Waals surface area contributed by atoms with Gasteiger partial charge < -0.3 is 4.90 Å². The molecule has 1 fully saturated rings. The maximum absolute atomic E-state index is 14.1. The van der Waals surface area contributed by atoms with E-state index in [-0.39, 0.29) is 10.8 Å². The van der Waals surface area contributed by atoms with Crippen LogP contribution >= 0.6 is 0 Å². The van der Waals surface area contributed by atoms with Gasteiger partial charge in [-0.3, -0.25) is 4.79 Å². The smallest absolute Gasteiger partial charge is 0.247 e. The van der Waals surface area contributed by atoms with Crippen molar-refractivity contribution >= 4 is 15.9 Å². The number of benzene rings is 4. The number of nitrogens with zero attached hydrogens (tertiary/aromatic N) is 2. The number of sulfonamides is 1. The van der Waals surface area contributed by atoms with Gasteiger partial charge in [0.2, 0.25) is 15.9 Å². The Hall–Kier alpha value is -3.74. The first-order valence-corrected chi connectivity index (χ1v) is 13.0. The molecule has 1 saturated heterocycles. The largest absolute Gasteiger partial charge is 0.320 e. The van der Waals surface area contributed by atoms with Gasteiger partial charge in [-0.15, -0.1) is 0 Å². The van der Waals surface area contributed by atoms with Gasteiger partial charge in [-0.1, -0.05) is 109 Å². The second-order valence-electron chi connectivity index (χ2n) is 8.51. The fourth-order valence-corrected chi connectivity index (χ4v) is 6.39. The quantitative estimate of drug-likeness (QED) is 0.364. The average Bonchev–Trinajstić information content (AvgIpc) is 3.22. The summed E-state index contributed by atoms with van der Waals surface area (Å²) in [7, 11) is -4.01. The van der Waals surface area contributed by atoms with Gasteiger partial charge in [-0.05, 0) is 35.2 Å². The second-order valence-corrected chi connectivity index (χ2v) is 10.4. The van der Waals surface area contributed by atoms with Crippen LogP contribution in [0.4, 0.5) is 0 Å². The molecule has 5 rings (SSSR count). The number of carbonyl (C=O) groups excluding carboxylic acids is 1. The summed E-state index contributed by atoms with van der Waals surface area (Å²) in [4.78, 5) is 15.9. The van der Waals surface area contributed by atoms with Crippen molar-refractivity contribution in [3.05, 3.63) is 138 Å². The molecule has 0 N–H and O–H groups in total. The minimum Gasteiger partial charge on any atom is -0.320 e. The molecule has 0 aromatic heterocycles. The van der Waals surface area contributed by atoms with Gasteiger partial charge in [0.25, 0.3) is 0 Å². The average molecular weight is 483 g/mol. The number of rotatable bonds is 7. The lowest BCUT2D eigenvalue weighted by atomic mass is 10.1. The fourth-order valence-electron chi connectivity index (χ4n) is 4.65. The summed E-state index contributed by atoms with van der Waals surface area (Å²) >= 11 is 0. The summed E-state index contributed by atoms with van der Waals surface area (Å²) in [6.07, 6.45) is -0.140. The molecule has 0 saturated carbocycles. The Labute approximate surface area is 206 Å². The molecule has 0 unspecified atom stereocenters. The van der Waals surface area contributed by atoms with Crippen molar-refractivity contribution in [2.24, 2.45) is 0 Å². The third-order valence-electron chi connectivity index (χ3n) is 6.32. The van der Waals surface area contributed by atoms with Crippen molar-refractivity contribution < 1.29 is 13.2 Å². The third kappa shape index (κ3) is 4.50. The van der Waals surface area contributed by atoms with E-state index in [4.69, 9.17) is 0 Å². The summed E-state index contributed by atoms with van der Waals surface area (Å²) in [6, 6.07) is 35.9. The first-order chi connectivity index (χ1) is 17.1. The third-order valence-corrected chi connectivity index (χ3v) is 8.16. The Kier molecular flexibility index (Phi) is 6.49. The van der Waals surface area contributed by atoms with E-state index in [1.807, 2.05) is 91.0 Å². The molecular weight excluding hydrogens is 456 g/mol. The van der Waals surface area contributed by atoms with E-state index in [1.54, 1.807) is 35.2 Å². The summed E-state index contributed by atoms with van der Waals surface area (Å²) in [5, 5.41) is 0. The van der Waals surface area contributed by atoms with Crippen molar-refractivity contribution in [3.8, 4) is 0 Å². The van der Waals surface area contributed by atoms with Crippen LogP contribution in [0.1, 0.15) is 28.9 Å². The number of hydrogen-bond acceptors (Lipinski definition) is 3. The first kappa shape index (κ1) is 23.0. The molecule has 4 aromatic carbocycles. The van der Waals surface area contributed by atoms with Crippen molar-refractivity contribution in [2.45, 2.75) is 23.5 Å². The van der Waals surface area contributed by atoms with Crippen LogP contribution in [0, 0.1) is 0 Å². The van der Waals surface area contributed by atoms with E-state index in [2.05, 4.69) is 0 Å². The molecule has 5 nitrogen and oxygen atoms in total. The lowest BCUT2D eigenvalue weighted by molar-refractivity contribution is -0.130. The molecule has 4 aromatic rings. The molecule has 2 atom stereocenters. The van der Waals surface area contributed by atoms with Gasteiger partial charge >= 0.3 is 0 Å². The van der Waals surface area contributed by atoms with E-state index in [9.17, 15) is 13.2 Å². The van der Waals surface area contributed by atoms with Gasteiger partial charge in [0, 0.05) is 6.54 Å². The molecule has 176 valence electrons. The predicted octanol–water partition coefficient (Wildman–Crippen LogP) is 5.20. The molecule has 6 heteroatoms. The molecule has 1 amide bonds. The lowest BCUT2D eigenvalue weighted by Gasteiger charge is -2.31. The van der Waals surface area contributed by atoms with Crippen LogP contribution in [0.25, 0.3) is 0 Å². The summed E-state index contributed by atoms with van der Waals surface area (Å²) in [5.41, 5.74) is 2.50. The molecule has 35 heavy (non-hydrogen) atoms. The molecule has 1 aliphatic rings. The second kappa shape index (κ2) is 9.86. The topological polar surface area (TPSA) is 57.7 Å². The van der Waals surface area contributed by atoms with Crippen molar-refractivity contribution in [1.29, 1.82) is 0 Å². The lowest BCUT2D eigenvalue weighted by Crippen LogP contribution is -2.37. The van der Waals surface area contributed by atoms with Crippen LogP contribution in [-0.4, -0.2) is 30.1 Å². The monoisotopic (exact) mass is 482 g/mol. The summed E-state index contributed by atoms with van der Waals surface area (Å²) < 4.78 is 29.6. The van der Waals surface area contributed by atoms with Gasteiger partial charge in [0.15, 0.2) is 0 Å². The van der Waals surface area contributed by atoms with E-state index in [0.29, 0.717) is 18.5 Å². The first-order valence-electron chi connectivity index (χ1n) is 11.6. The minimum atomic E-state index is -4.01. The van der Waals surface area contributed by atoms with Crippen LogP contribution in [0.3, 0.4) is 0 Å². The molecule has 0 aliphatic carbocycles. The van der Waals surface area contributed by atoms with Crippen LogP contribution in [0.5, 0.6) is 0 Å². The fraction of sp³-hybridized carbons (Fsp3) is 0.138. The summed E-state index contributed by atoms with van der Waals surface area (Å²) in [5.74, 6) is -0.222. The summed E-state index contributed by atoms with van der Waals surface area (Å²) in [6.45, 7) is 0.395. The highest BCUT2D eigenvalue weighted by Gasteiger charge is 2.53. The van der Waals surface area contributed by atoms with E-state index in [1.165, 1.54) is 4.31 Å². The van der Waals surface area contributed by atoms with Crippen LogP contribution in [0.15, 0.2) is 126 Å². The van der Waals surface area contributed by atoms with E-state index >= 15 is 0 Å². The van der Waals surface area contributed by atoms with Gasteiger partial charge in [-0.25, -0.2) is 8.42 Å². The zero-order chi connectivity index (χ0) is 24.3. The maximum atomic E-state index is 14.1. The Balaban J connectivity index is 1.65. The molecule has 0 bridgehead atoms. The minimum absolute atomic E-state index is 0.166. The standard InChI is InChI=1S/C29H26N2O3S/c32-29-27(24-15-7-2-8-16-24)31(35(33,34)26-19-11-4-12-20-26)28(25-17-9-3-10-18-25)30(29)22-21-23-13-5-1-6-14-23/h1-20,27-28H,21-22H2/t27-,28-/m1/s1. The van der Waals surface area contributed by atoms with Crippen LogP contribution in [-0.2, 0) is 21.2 Å². The SMILES string of the molecule is O=C1[C@@H](c2ccccc2)N(S(=O)(=O)c2ccccc2)[C@H](c2ccccc2)N1CCc1ccccc1. The highest BCUT2D eigenvalue weighted by atomic mass is 32.2. The van der Waals surface area contributed by atoms with Gasteiger partial charge in [0.1, 0.15) is 12.2 Å². The van der Waals surface area contributed by atoms with Crippen LogP contribution < -0.4 is 0 Å². The van der Waals surface area contributed by atoms with Gasteiger partial charge in [-0.2, -0.15) is 4.31 Å². The molecule has 0 radical (unpaired) electrons. The van der Waals surface area contributed by atoms with Crippen molar-refractivity contribution in [2.75, 3.05) is 6.54 Å². The molecule has 1 aliphatic heterocycles. The Morgan fingerprint density at radius 2 is 1.11 bits per heavy atom. The number of amides is 1. The highest BCUT2D eigenvalue weighted by Crippen LogP contribution is 2.45. The highest BCUT2D eigenvalue weighted by molar-refractivity contribution is 7.89. The normalized spacial score (nSPS) is 18.6. The number of carbonyl (C=O) groups is 1. The molecular formula is C29H26N2O3S. The van der Waals surface area contributed by atoms with Crippen molar-refractivity contribution in [1.82, 2.24) is 9.21 Å². The zero-order valence-corrected chi connectivity index (χ0v) is 20.0. The van der Waals surface area contributed by atoms with Gasteiger partial charge in [0.05, 0.1) is 4.90 Å². The Morgan fingerprint density at radius 1 is 0.629 bits per heavy atom. The maximum Gasteiger partial charge on any atom is 0.247 e. The van der Waals surface area contributed by atoms with E-state index < -0.39 is 22.2 Å². The molecule has 0 spiro atoms. The zero-order valence-electron chi connectivity index (χ0n) is 19.1. The Morgan fingerprint density at radius 3 is 1.69 bits per heavy atom. The predicted molar refractivity (Wildman–Crippen MR) is 136 cm³/mol. The Bertz CT molecular complexity index is 1380. The van der Waals surface area contributed by atoms with E-state index in [0.717, 1.165) is 11.1 Å².